The van der Waals surface area contributed by atoms with Gasteiger partial charge in [-0.3, -0.25) is 10.1 Å². The molecule has 0 bridgehead atoms. The van der Waals surface area contributed by atoms with Gasteiger partial charge in [0.1, 0.15) is 0 Å². The van der Waals surface area contributed by atoms with Gasteiger partial charge in [-0.1, -0.05) is 13.0 Å². The number of hydrogen-bond acceptors (Lipinski definition) is 6. The molecule has 1 fully saturated rings. The van der Waals surface area contributed by atoms with Crippen molar-refractivity contribution < 1.29 is 13.2 Å². The number of thiazole rings is 1. The van der Waals surface area contributed by atoms with Crippen molar-refractivity contribution in [2.75, 3.05) is 24.7 Å². The molecule has 0 saturated carbocycles. The molecular weight excluding hydrogens is 370 g/mol. The molecule has 1 aliphatic rings. The average molecular weight is 394 g/mol. The van der Waals surface area contributed by atoms with E-state index in [-0.39, 0.29) is 10.8 Å². The van der Waals surface area contributed by atoms with E-state index in [0.717, 1.165) is 37.8 Å². The molecule has 2 N–H and O–H groups in total. The first-order chi connectivity index (χ1) is 12.4. The van der Waals surface area contributed by atoms with Crippen LogP contribution in [0.1, 0.15) is 46.5 Å². The molecule has 2 aromatic rings. The lowest BCUT2D eigenvalue weighted by Crippen LogP contribution is -2.26. The summed E-state index contributed by atoms with van der Waals surface area (Å²) in [7, 11) is -3.37. The summed E-state index contributed by atoms with van der Waals surface area (Å²) in [6, 6.07) is 4.70. The Balaban J connectivity index is 1.80. The molecule has 0 radical (unpaired) electrons. The quantitative estimate of drug-likeness (QED) is 0.815. The van der Waals surface area contributed by atoms with Crippen LogP contribution >= 0.6 is 11.3 Å². The van der Waals surface area contributed by atoms with Gasteiger partial charge in [-0.15, -0.1) is 11.3 Å². The number of nitrogens with zero attached hydrogens (tertiary/aromatic N) is 1. The van der Waals surface area contributed by atoms with Gasteiger partial charge >= 0.3 is 0 Å². The second-order valence-corrected chi connectivity index (χ2v) is 9.57. The summed E-state index contributed by atoms with van der Waals surface area (Å²) in [4.78, 5) is 18.4. The molecular formula is C18H23N3O3S2. The van der Waals surface area contributed by atoms with E-state index in [4.69, 9.17) is 0 Å². The first kappa shape index (κ1) is 19.0. The van der Waals surface area contributed by atoms with Crippen molar-refractivity contribution in [3.05, 3.63) is 40.4 Å². The second kappa shape index (κ2) is 7.85. The summed E-state index contributed by atoms with van der Waals surface area (Å²) in [6.45, 7) is 3.94. The van der Waals surface area contributed by atoms with Gasteiger partial charge in [0, 0.05) is 22.9 Å². The van der Waals surface area contributed by atoms with Gasteiger partial charge in [0.2, 0.25) is 0 Å². The van der Waals surface area contributed by atoms with E-state index >= 15 is 0 Å². The molecule has 26 heavy (non-hydrogen) atoms. The van der Waals surface area contributed by atoms with Crippen LogP contribution in [0.15, 0.2) is 29.3 Å². The van der Waals surface area contributed by atoms with Gasteiger partial charge in [0.25, 0.3) is 5.91 Å². The smallest absolute Gasteiger partial charge is 0.257 e. The number of carbonyl (C=O) groups is 1. The van der Waals surface area contributed by atoms with E-state index in [0.29, 0.717) is 23.0 Å². The zero-order valence-electron chi connectivity index (χ0n) is 14.9. The van der Waals surface area contributed by atoms with Crippen molar-refractivity contribution in [1.29, 1.82) is 0 Å². The van der Waals surface area contributed by atoms with E-state index in [1.54, 1.807) is 12.1 Å². The molecule has 1 aromatic carbocycles. The van der Waals surface area contributed by atoms with Crippen molar-refractivity contribution in [3.8, 4) is 0 Å². The summed E-state index contributed by atoms with van der Waals surface area (Å²) in [5.74, 6) is 0.165. The number of nitrogens with one attached hydrogen (secondary N) is 2. The number of aromatic nitrogens is 1. The molecule has 0 unspecified atom stereocenters. The van der Waals surface area contributed by atoms with Crippen LogP contribution in [0, 0.1) is 0 Å². The number of carbonyl (C=O) groups excluding carboxylic acids is 1. The van der Waals surface area contributed by atoms with Crippen molar-refractivity contribution in [3.63, 3.8) is 0 Å². The van der Waals surface area contributed by atoms with Crippen LogP contribution in [0.4, 0.5) is 5.13 Å². The number of hydrogen-bond donors (Lipinski definition) is 2. The number of amides is 1. The molecule has 6 nitrogen and oxygen atoms in total. The predicted molar refractivity (Wildman–Crippen MR) is 104 cm³/mol. The van der Waals surface area contributed by atoms with Gasteiger partial charge in [-0.2, -0.15) is 0 Å². The fourth-order valence-corrected chi connectivity index (χ4v) is 4.74. The zero-order valence-corrected chi connectivity index (χ0v) is 16.5. The molecule has 1 saturated heterocycles. The Labute approximate surface area is 158 Å². The van der Waals surface area contributed by atoms with Crippen molar-refractivity contribution in [1.82, 2.24) is 10.3 Å². The van der Waals surface area contributed by atoms with Crippen molar-refractivity contribution in [2.45, 2.75) is 37.0 Å². The van der Waals surface area contributed by atoms with Crippen LogP contribution < -0.4 is 10.6 Å². The van der Waals surface area contributed by atoms with Crippen molar-refractivity contribution >= 4 is 32.2 Å². The third kappa shape index (κ3) is 4.31. The molecule has 1 aliphatic heterocycles. The third-order valence-electron chi connectivity index (χ3n) is 4.62. The Bertz CT molecular complexity index is 900. The lowest BCUT2D eigenvalue weighted by atomic mass is 9.97. The maximum absolute atomic E-state index is 12.7. The van der Waals surface area contributed by atoms with Crippen LogP contribution in [0.5, 0.6) is 0 Å². The van der Waals surface area contributed by atoms with Gasteiger partial charge in [0.05, 0.1) is 4.90 Å². The van der Waals surface area contributed by atoms with Gasteiger partial charge < -0.3 is 5.32 Å². The summed E-state index contributed by atoms with van der Waals surface area (Å²) in [6.07, 6.45) is 5.77. The summed E-state index contributed by atoms with van der Waals surface area (Å²) < 4.78 is 23.6. The number of benzene rings is 1. The Hall–Kier alpha value is -1.77. The highest BCUT2D eigenvalue weighted by atomic mass is 32.2. The molecule has 140 valence electrons. The number of aryl methyl sites for hydroxylation is 1. The van der Waals surface area contributed by atoms with E-state index < -0.39 is 9.84 Å². The predicted octanol–water partition coefficient (Wildman–Crippen LogP) is 2.83. The summed E-state index contributed by atoms with van der Waals surface area (Å²) in [5.41, 5.74) is 1.19. The Morgan fingerprint density at radius 2 is 2.08 bits per heavy atom. The topological polar surface area (TPSA) is 88.2 Å². The molecule has 3 rings (SSSR count). The van der Waals surface area contributed by atoms with E-state index in [2.05, 4.69) is 15.6 Å². The standard InChI is InChI=1S/C18H23N3O3S2/c1-3-12-4-5-14(26(2,23)24)10-15(12)17(22)21-18-20-11-16(25-18)13-6-8-19-9-7-13/h4-5,10-11,13,19H,3,6-9H2,1-2H3,(H,20,21,22). The van der Waals surface area contributed by atoms with Crippen molar-refractivity contribution in [2.24, 2.45) is 0 Å². The van der Waals surface area contributed by atoms with E-state index in [9.17, 15) is 13.2 Å². The van der Waals surface area contributed by atoms with Crippen LogP contribution in [-0.2, 0) is 16.3 Å². The number of piperidine rings is 1. The van der Waals surface area contributed by atoms with Crippen LogP contribution in [0.3, 0.4) is 0 Å². The Morgan fingerprint density at radius 1 is 1.35 bits per heavy atom. The number of anilines is 1. The minimum atomic E-state index is -3.37. The molecule has 1 amide bonds. The maximum Gasteiger partial charge on any atom is 0.257 e. The van der Waals surface area contributed by atoms with Gasteiger partial charge in [0.15, 0.2) is 15.0 Å². The van der Waals surface area contributed by atoms with Gasteiger partial charge in [-0.05, 0) is 56.0 Å². The number of rotatable bonds is 5. The Morgan fingerprint density at radius 3 is 2.73 bits per heavy atom. The largest absolute Gasteiger partial charge is 0.317 e. The van der Waals surface area contributed by atoms with E-state index in [1.165, 1.54) is 22.3 Å². The van der Waals surface area contributed by atoms with E-state index in [1.807, 2.05) is 13.1 Å². The monoisotopic (exact) mass is 393 g/mol. The normalized spacial score (nSPS) is 15.8. The average Bonchev–Trinajstić information content (AvgIpc) is 3.09. The molecule has 0 atom stereocenters. The Kier molecular flexibility index (Phi) is 5.74. The fraction of sp³-hybridized carbons (Fsp3) is 0.444. The first-order valence-electron chi connectivity index (χ1n) is 8.69. The SMILES string of the molecule is CCc1ccc(S(C)(=O)=O)cc1C(=O)Nc1ncc(C2CCNCC2)s1. The van der Waals surface area contributed by atoms with Crippen LogP contribution in [0.25, 0.3) is 0 Å². The summed E-state index contributed by atoms with van der Waals surface area (Å²) >= 11 is 1.50. The minimum absolute atomic E-state index is 0.148. The molecule has 8 heteroatoms. The van der Waals surface area contributed by atoms with Crippen LogP contribution in [-0.4, -0.2) is 38.7 Å². The first-order valence-corrected chi connectivity index (χ1v) is 11.4. The lowest BCUT2D eigenvalue weighted by molar-refractivity contribution is 0.102. The molecule has 0 aliphatic carbocycles. The zero-order chi connectivity index (χ0) is 18.7. The maximum atomic E-state index is 12.7. The summed E-state index contributed by atoms with van der Waals surface area (Å²) in [5, 5.41) is 6.72. The third-order valence-corrected chi connectivity index (χ3v) is 6.81. The second-order valence-electron chi connectivity index (χ2n) is 6.49. The highest BCUT2D eigenvalue weighted by Crippen LogP contribution is 2.32. The minimum Gasteiger partial charge on any atom is -0.317 e. The molecule has 2 heterocycles. The molecule has 1 aromatic heterocycles. The highest BCUT2D eigenvalue weighted by molar-refractivity contribution is 7.90. The lowest BCUT2D eigenvalue weighted by Gasteiger charge is -2.20. The van der Waals surface area contributed by atoms with Crippen LogP contribution in [0.2, 0.25) is 0 Å². The molecule has 0 spiro atoms. The number of sulfone groups is 1. The van der Waals surface area contributed by atoms with Gasteiger partial charge in [-0.25, -0.2) is 13.4 Å². The fourth-order valence-electron chi connectivity index (χ4n) is 3.11. The highest BCUT2D eigenvalue weighted by Gasteiger charge is 2.20.